The van der Waals surface area contributed by atoms with Gasteiger partial charge in [-0.05, 0) is 6.92 Å². The number of hydrogen-bond acceptors (Lipinski definition) is 0. The average molecular weight is 197 g/mol. The molecule has 5 heteroatoms. The molecule has 0 aromatic carbocycles. The average Bonchev–Trinajstić information content (AvgIpc) is 1.14. The largest absolute Gasteiger partial charge is 0.249 e. The van der Waals surface area contributed by atoms with Crippen molar-refractivity contribution in [2.45, 2.75) is 23.1 Å². The van der Waals surface area contributed by atoms with E-state index in [0.29, 0.717) is 6.92 Å². The summed E-state index contributed by atoms with van der Waals surface area (Å²) in [4.78, 5) is 0. The van der Waals surface area contributed by atoms with E-state index in [2.05, 4.69) is 0 Å². The fourth-order valence-corrected chi connectivity index (χ4v) is 1.06. The zero-order valence-corrected chi connectivity index (χ0v) is 6.86. The van der Waals surface area contributed by atoms with Crippen molar-refractivity contribution in [3.63, 3.8) is 0 Å². The first-order valence-electron chi connectivity index (χ1n) is 2.15. The minimum atomic E-state index is -2.91. The van der Waals surface area contributed by atoms with Crippen molar-refractivity contribution in [3.8, 4) is 0 Å². The van der Waals surface area contributed by atoms with E-state index in [1.54, 1.807) is 0 Å². The molecule has 0 spiro atoms. The first kappa shape index (κ1) is 9.73. The van der Waals surface area contributed by atoms with E-state index in [-0.39, 0.29) is 0 Å². The van der Waals surface area contributed by atoms with Crippen LogP contribution in [-0.2, 0) is 0 Å². The molecule has 0 N–H and O–H groups in total. The molecule has 0 rings (SSSR count). The van der Waals surface area contributed by atoms with Crippen LogP contribution >= 0.6 is 34.8 Å². The first-order valence-corrected chi connectivity index (χ1v) is 3.29. The van der Waals surface area contributed by atoms with Gasteiger partial charge in [-0.1, -0.05) is 34.8 Å². The van der Waals surface area contributed by atoms with Crippen LogP contribution in [0.25, 0.3) is 0 Å². The highest BCUT2D eigenvalue weighted by molar-refractivity contribution is 6.67. The molecular formula is C4H5Cl3F2. The first-order chi connectivity index (χ1) is 3.71. The quantitative estimate of drug-likeness (QED) is 0.565. The number of alkyl halides is 5. The Bertz CT molecular complexity index is 79.0. The van der Waals surface area contributed by atoms with E-state index in [0.717, 1.165) is 0 Å². The second-order valence-electron chi connectivity index (χ2n) is 1.86. The minimum absolute atomic E-state index is 0.703. The third-order valence-corrected chi connectivity index (χ3v) is 0.912. The summed E-state index contributed by atoms with van der Waals surface area (Å²) >= 11 is 15.2. The number of halogens is 5. The van der Waals surface area contributed by atoms with E-state index in [9.17, 15) is 8.78 Å². The van der Waals surface area contributed by atoms with Gasteiger partial charge in [-0.2, -0.15) is 0 Å². The molecule has 0 saturated heterocycles. The molecule has 0 amide bonds. The van der Waals surface area contributed by atoms with Gasteiger partial charge in [0.1, 0.15) is 0 Å². The summed E-state index contributed by atoms with van der Waals surface area (Å²) in [5.41, 5.74) is 0. The topological polar surface area (TPSA) is 0 Å². The standard InChI is InChI=1S/C4H5Cl3F2/c1-3(8,9)2-4(5,6)7/h2H2,1H3. The van der Waals surface area contributed by atoms with Crippen LogP contribution in [0.15, 0.2) is 0 Å². The summed E-state index contributed by atoms with van der Waals surface area (Å²) in [7, 11) is 0. The fraction of sp³-hybridized carbons (Fsp3) is 1.00. The van der Waals surface area contributed by atoms with Gasteiger partial charge in [0.05, 0.1) is 6.42 Å². The highest BCUT2D eigenvalue weighted by atomic mass is 35.6. The summed E-state index contributed by atoms with van der Waals surface area (Å²) in [6.45, 7) is 0.703. The highest BCUT2D eigenvalue weighted by Gasteiger charge is 2.34. The molecule has 56 valence electrons. The Kier molecular flexibility index (Phi) is 2.99. The monoisotopic (exact) mass is 196 g/mol. The third kappa shape index (κ3) is 8.73. The van der Waals surface area contributed by atoms with E-state index in [1.807, 2.05) is 0 Å². The number of hydrogen-bond donors (Lipinski definition) is 0. The smallest absolute Gasteiger partial charge is 0.207 e. The van der Waals surface area contributed by atoms with Crippen molar-refractivity contribution < 1.29 is 8.78 Å². The molecule has 0 atom stereocenters. The minimum Gasteiger partial charge on any atom is -0.207 e. The molecule has 0 aliphatic heterocycles. The van der Waals surface area contributed by atoms with Crippen molar-refractivity contribution in [2.75, 3.05) is 0 Å². The SMILES string of the molecule is CC(F)(F)CC(Cl)(Cl)Cl. The third-order valence-electron chi connectivity index (χ3n) is 0.511. The summed E-state index contributed by atoms with van der Waals surface area (Å²) < 4.78 is 22.1. The maximum absolute atomic E-state index is 12.0. The molecule has 0 fully saturated rings. The molecule has 9 heavy (non-hydrogen) atoms. The van der Waals surface area contributed by atoms with E-state index in [1.165, 1.54) is 0 Å². The maximum Gasteiger partial charge on any atom is 0.249 e. The maximum atomic E-state index is 12.0. The van der Waals surface area contributed by atoms with Gasteiger partial charge < -0.3 is 0 Å². The van der Waals surface area contributed by atoms with Gasteiger partial charge in [0.25, 0.3) is 0 Å². The van der Waals surface area contributed by atoms with Gasteiger partial charge in [0.15, 0.2) is 3.79 Å². The molecule has 0 aliphatic carbocycles. The normalized spacial score (nSPS) is 14.0. The fourth-order valence-electron chi connectivity index (χ4n) is 0.352. The Morgan fingerprint density at radius 2 is 1.56 bits per heavy atom. The molecular weight excluding hydrogens is 192 g/mol. The summed E-state index contributed by atoms with van der Waals surface area (Å²) in [6, 6.07) is 0. The molecule has 0 aromatic rings. The van der Waals surface area contributed by atoms with Gasteiger partial charge in [0, 0.05) is 0 Å². The van der Waals surface area contributed by atoms with Crippen molar-refractivity contribution in [2.24, 2.45) is 0 Å². The molecule has 0 aliphatic rings. The second kappa shape index (κ2) is 2.77. The number of rotatable bonds is 1. The summed E-state index contributed by atoms with van der Waals surface area (Å²) in [5, 5.41) is 0. The zero-order chi connectivity index (χ0) is 7.71. The molecule has 0 saturated carbocycles. The van der Waals surface area contributed by atoms with E-state index in [4.69, 9.17) is 34.8 Å². The Morgan fingerprint density at radius 1 is 1.22 bits per heavy atom. The summed E-state index contributed by atoms with van der Waals surface area (Å²) in [5.74, 6) is -2.91. The lowest BCUT2D eigenvalue weighted by Gasteiger charge is -2.15. The van der Waals surface area contributed by atoms with Crippen molar-refractivity contribution >= 4 is 34.8 Å². The Balaban J connectivity index is 3.75. The Hall–Kier alpha value is 0.730. The Morgan fingerprint density at radius 3 is 1.56 bits per heavy atom. The molecule has 0 unspecified atom stereocenters. The molecule has 0 bridgehead atoms. The van der Waals surface area contributed by atoms with Crippen LogP contribution in [0, 0.1) is 0 Å². The van der Waals surface area contributed by atoms with Crippen LogP contribution in [0.4, 0.5) is 8.78 Å². The van der Waals surface area contributed by atoms with Crippen molar-refractivity contribution in [1.29, 1.82) is 0 Å². The lowest BCUT2D eigenvalue weighted by molar-refractivity contribution is 0.0143. The van der Waals surface area contributed by atoms with E-state index >= 15 is 0 Å². The van der Waals surface area contributed by atoms with Crippen LogP contribution in [0.3, 0.4) is 0 Å². The summed E-state index contributed by atoms with van der Waals surface area (Å²) in [6.07, 6.45) is -0.745. The van der Waals surface area contributed by atoms with Gasteiger partial charge in [-0.25, -0.2) is 8.78 Å². The predicted octanol–water partition coefficient (Wildman–Crippen LogP) is 3.40. The van der Waals surface area contributed by atoms with Crippen molar-refractivity contribution in [1.82, 2.24) is 0 Å². The van der Waals surface area contributed by atoms with Crippen LogP contribution in [0.1, 0.15) is 13.3 Å². The highest BCUT2D eigenvalue weighted by Crippen LogP contribution is 2.37. The van der Waals surface area contributed by atoms with Gasteiger partial charge >= 0.3 is 0 Å². The lowest BCUT2D eigenvalue weighted by Crippen LogP contribution is -2.19. The van der Waals surface area contributed by atoms with Gasteiger partial charge in [0.2, 0.25) is 5.92 Å². The molecule has 0 radical (unpaired) electrons. The van der Waals surface area contributed by atoms with Gasteiger partial charge in [-0.15, -0.1) is 0 Å². The second-order valence-corrected chi connectivity index (χ2v) is 4.38. The van der Waals surface area contributed by atoms with Gasteiger partial charge in [-0.3, -0.25) is 0 Å². The molecule has 0 heterocycles. The van der Waals surface area contributed by atoms with Crippen LogP contribution < -0.4 is 0 Å². The van der Waals surface area contributed by atoms with Crippen molar-refractivity contribution in [3.05, 3.63) is 0 Å². The zero-order valence-electron chi connectivity index (χ0n) is 4.60. The molecule has 0 nitrogen and oxygen atoms in total. The Labute approximate surface area is 67.1 Å². The molecule has 0 aromatic heterocycles. The van der Waals surface area contributed by atoms with Crippen LogP contribution in [-0.4, -0.2) is 9.72 Å². The van der Waals surface area contributed by atoms with Crippen LogP contribution in [0.2, 0.25) is 0 Å². The van der Waals surface area contributed by atoms with Crippen LogP contribution in [0.5, 0.6) is 0 Å². The lowest BCUT2D eigenvalue weighted by atomic mass is 10.3. The predicted molar refractivity (Wildman–Crippen MR) is 35.5 cm³/mol. The van der Waals surface area contributed by atoms with E-state index < -0.39 is 16.1 Å².